The number of ketones is 1. The van der Waals surface area contributed by atoms with Gasteiger partial charge in [-0.25, -0.2) is 0 Å². The molecule has 2 aliphatic rings. The Kier molecular flexibility index (Phi) is 16.7. The van der Waals surface area contributed by atoms with Gasteiger partial charge in [0.15, 0.2) is 5.78 Å². The van der Waals surface area contributed by atoms with Gasteiger partial charge in [-0.15, -0.1) is 0 Å². The summed E-state index contributed by atoms with van der Waals surface area (Å²) >= 11 is 0. The van der Waals surface area contributed by atoms with Gasteiger partial charge in [0.2, 0.25) is 0 Å². The highest BCUT2D eigenvalue weighted by molar-refractivity contribution is 5.84. The van der Waals surface area contributed by atoms with Gasteiger partial charge in [-0.2, -0.15) is 0 Å². The molecular formula is C29H48N2O7. The summed E-state index contributed by atoms with van der Waals surface area (Å²) in [5, 5.41) is 29.4. The van der Waals surface area contributed by atoms with Crippen molar-refractivity contribution in [1.29, 1.82) is 0 Å². The normalized spacial score (nSPS) is 17.3. The summed E-state index contributed by atoms with van der Waals surface area (Å²) in [6, 6.07) is 9.34. The fourth-order valence-corrected chi connectivity index (χ4v) is 3.94. The molecule has 2 fully saturated rings. The van der Waals surface area contributed by atoms with E-state index in [1.807, 2.05) is 44.2 Å². The number of esters is 1. The van der Waals surface area contributed by atoms with Crippen molar-refractivity contribution in [2.45, 2.75) is 109 Å². The molecule has 0 saturated heterocycles. The molecule has 9 nitrogen and oxygen atoms in total. The predicted molar refractivity (Wildman–Crippen MR) is 146 cm³/mol. The van der Waals surface area contributed by atoms with E-state index in [1.54, 1.807) is 0 Å². The van der Waals surface area contributed by atoms with Crippen LogP contribution in [0.25, 0.3) is 0 Å². The molecule has 2 unspecified atom stereocenters. The topological polar surface area (TPSA) is 159 Å². The van der Waals surface area contributed by atoms with Crippen LogP contribution in [-0.4, -0.2) is 64.4 Å². The SMILES string of the molecule is CCC[C@H](CC(=O)OCc1ccccc1)C(O)C(=O)CC1CC1.CCC[C@H](N)C(O)C(=O)NC1CC1.CO. The fraction of sp³-hybridized carbons (Fsp3) is 0.690. The Morgan fingerprint density at radius 3 is 2.11 bits per heavy atom. The zero-order chi connectivity index (χ0) is 28.5. The molecule has 9 heteroatoms. The lowest BCUT2D eigenvalue weighted by atomic mass is 9.89. The van der Waals surface area contributed by atoms with Crippen molar-refractivity contribution < 1.29 is 34.4 Å². The molecule has 38 heavy (non-hydrogen) atoms. The fourth-order valence-electron chi connectivity index (χ4n) is 3.94. The van der Waals surface area contributed by atoms with Gasteiger partial charge in [-0.1, -0.05) is 57.0 Å². The van der Waals surface area contributed by atoms with Gasteiger partial charge in [0.25, 0.3) is 5.91 Å². The number of hydrogen-bond acceptors (Lipinski definition) is 8. The smallest absolute Gasteiger partial charge is 0.306 e. The lowest BCUT2D eigenvalue weighted by Crippen LogP contribution is -2.46. The molecule has 0 spiro atoms. The molecule has 216 valence electrons. The Morgan fingerprint density at radius 2 is 1.58 bits per heavy atom. The highest BCUT2D eigenvalue weighted by Gasteiger charge is 2.32. The van der Waals surface area contributed by atoms with Crippen LogP contribution < -0.4 is 11.1 Å². The number of aliphatic hydroxyl groups excluding tert-OH is 3. The quantitative estimate of drug-likeness (QED) is 0.214. The monoisotopic (exact) mass is 536 g/mol. The zero-order valence-electron chi connectivity index (χ0n) is 23.2. The van der Waals surface area contributed by atoms with Gasteiger partial charge in [-0.3, -0.25) is 14.4 Å². The lowest BCUT2D eigenvalue weighted by molar-refractivity contribution is -0.148. The van der Waals surface area contributed by atoms with Gasteiger partial charge in [0.05, 0.1) is 6.42 Å². The Labute approximate surface area is 227 Å². The van der Waals surface area contributed by atoms with Gasteiger partial charge in [-0.05, 0) is 50.0 Å². The first-order chi connectivity index (χ1) is 18.2. The number of carbonyl (C=O) groups excluding carboxylic acids is 3. The number of amides is 1. The van der Waals surface area contributed by atoms with E-state index in [1.165, 1.54) is 0 Å². The standard InChI is InChI=1S/C19H26O4.C9H18N2O2.CH4O/c1-2-6-16(19(22)17(20)11-14-9-10-14)12-18(21)23-13-15-7-4-3-5-8-15;1-2-3-7(10)8(12)9(13)11-6-4-5-6;1-2/h3-5,7-8,14,16,19,22H,2,6,9-13H2,1H3;6-8,12H,2-5,10H2,1H3,(H,11,13);2H,1H3/t16-,19?;7-,8?;/m10./s1. The maximum absolute atomic E-state index is 12.1. The van der Waals surface area contributed by atoms with Crippen molar-refractivity contribution in [2.75, 3.05) is 7.11 Å². The van der Waals surface area contributed by atoms with Crippen LogP contribution in [0.2, 0.25) is 0 Å². The predicted octanol–water partition coefficient (Wildman–Crippen LogP) is 2.63. The van der Waals surface area contributed by atoms with Crippen LogP contribution in [-0.2, 0) is 25.7 Å². The number of hydrogen-bond donors (Lipinski definition) is 5. The number of nitrogens with one attached hydrogen (secondary N) is 1. The van der Waals surface area contributed by atoms with Gasteiger partial charge >= 0.3 is 5.97 Å². The van der Waals surface area contributed by atoms with Gasteiger partial charge < -0.3 is 31.1 Å². The third kappa shape index (κ3) is 14.0. The molecule has 0 aliphatic heterocycles. The molecule has 4 atom stereocenters. The number of rotatable bonds is 15. The molecule has 1 amide bonds. The first-order valence-electron chi connectivity index (χ1n) is 13.8. The van der Waals surface area contributed by atoms with E-state index in [-0.39, 0.29) is 42.6 Å². The molecule has 0 radical (unpaired) electrons. The Balaban J connectivity index is 0.000000408. The molecular weight excluding hydrogens is 488 g/mol. The van der Waals surface area contributed by atoms with Gasteiger partial charge in [0.1, 0.15) is 18.8 Å². The molecule has 3 rings (SSSR count). The van der Waals surface area contributed by atoms with Crippen LogP contribution in [0.15, 0.2) is 30.3 Å². The highest BCUT2D eigenvalue weighted by Crippen LogP contribution is 2.34. The molecule has 0 heterocycles. The zero-order valence-corrected chi connectivity index (χ0v) is 23.2. The van der Waals surface area contributed by atoms with E-state index in [0.29, 0.717) is 25.2 Å². The average molecular weight is 537 g/mol. The van der Waals surface area contributed by atoms with Crippen molar-refractivity contribution >= 4 is 17.7 Å². The van der Waals surface area contributed by atoms with Gasteiger partial charge in [0, 0.05) is 31.5 Å². The minimum absolute atomic E-state index is 0.0955. The molecule has 0 bridgehead atoms. The van der Waals surface area contributed by atoms with E-state index >= 15 is 0 Å². The third-order valence-electron chi connectivity index (χ3n) is 6.51. The van der Waals surface area contributed by atoms with E-state index in [0.717, 1.165) is 51.2 Å². The second-order valence-corrected chi connectivity index (χ2v) is 10.1. The third-order valence-corrected chi connectivity index (χ3v) is 6.51. The van der Waals surface area contributed by atoms with Crippen LogP contribution in [0.3, 0.4) is 0 Å². The van der Waals surface area contributed by atoms with E-state index in [2.05, 4.69) is 5.32 Å². The van der Waals surface area contributed by atoms with Crippen LogP contribution in [0.5, 0.6) is 0 Å². The molecule has 2 aliphatic carbocycles. The van der Waals surface area contributed by atoms with Crippen molar-refractivity contribution in [2.24, 2.45) is 17.6 Å². The Morgan fingerprint density at radius 1 is 0.974 bits per heavy atom. The molecule has 6 N–H and O–H groups in total. The Hall–Kier alpha value is -2.33. The summed E-state index contributed by atoms with van der Waals surface area (Å²) in [7, 11) is 1.00. The average Bonchev–Trinajstić information content (AvgIpc) is 3.86. The number of ether oxygens (including phenoxy) is 1. The number of aliphatic hydroxyl groups is 3. The summed E-state index contributed by atoms with van der Waals surface area (Å²) in [6.07, 6.45) is 5.71. The van der Waals surface area contributed by atoms with E-state index in [9.17, 15) is 24.6 Å². The molecule has 0 aromatic heterocycles. The highest BCUT2D eigenvalue weighted by atomic mass is 16.5. The van der Waals surface area contributed by atoms with Crippen LogP contribution >= 0.6 is 0 Å². The lowest BCUT2D eigenvalue weighted by Gasteiger charge is -2.21. The van der Waals surface area contributed by atoms with Crippen LogP contribution in [0.4, 0.5) is 0 Å². The van der Waals surface area contributed by atoms with E-state index in [4.69, 9.17) is 15.6 Å². The maximum atomic E-state index is 12.1. The second-order valence-electron chi connectivity index (χ2n) is 10.1. The molecule has 1 aromatic carbocycles. The first kappa shape index (κ1) is 33.7. The summed E-state index contributed by atoms with van der Waals surface area (Å²) in [4.78, 5) is 35.4. The molecule has 1 aromatic rings. The number of nitrogens with two attached hydrogens (primary N) is 1. The second kappa shape index (κ2) is 18.8. The first-order valence-corrected chi connectivity index (χ1v) is 13.8. The van der Waals surface area contributed by atoms with Crippen LogP contribution in [0, 0.1) is 11.8 Å². The maximum Gasteiger partial charge on any atom is 0.306 e. The van der Waals surface area contributed by atoms with Crippen LogP contribution in [0.1, 0.15) is 83.6 Å². The number of benzene rings is 1. The number of Topliss-reactive ketones (excluding diaryl/α,β-unsaturated/α-hetero) is 1. The minimum atomic E-state index is -1.04. The van der Waals surface area contributed by atoms with Crippen molar-refractivity contribution in [1.82, 2.24) is 5.32 Å². The van der Waals surface area contributed by atoms with Crippen molar-refractivity contribution in [3.8, 4) is 0 Å². The molecule has 2 saturated carbocycles. The summed E-state index contributed by atoms with van der Waals surface area (Å²) in [6.45, 7) is 4.19. The minimum Gasteiger partial charge on any atom is -0.461 e. The van der Waals surface area contributed by atoms with E-state index < -0.39 is 18.2 Å². The summed E-state index contributed by atoms with van der Waals surface area (Å²) in [5.41, 5.74) is 6.54. The van der Waals surface area contributed by atoms with Crippen molar-refractivity contribution in [3.63, 3.8) is 0 Å². The largest absolute Gasteiger partial charge is 0.461 e. The summed E-state index contributed by atoms with van der Waals surface area (Å²) < 4.78 is 5.27. The van der Waals surface area contributed by atoms with Crippen molar-refractivity contribution in [3.05, 3.63) is 35.9 Å². The Bertz CT molecular complexity index is 812. The number of carbonyl (C=O) groups is 3. The summed E-state index contributed by atoms with van der Waals surface area (Å²) in [5.74, 6) is -0.685.